The van der Waals surface area contributed by atoms with Gasteiger partial charge in [-0.2, -0.15) is 0 Å². The maximum atomic E-state index is 2.58. The quantitative estimate of drug-likeness (QED) is 0.188. The third-order valence-electron chi connectivity index (χ3n) is 9.55. The average Bonchev–Trinajstić information content (AvgIpc) is 3.82. The summed E-state index contributed by atoms with van der Waals surface area (Å²) in [5.74, 6) is 0.363. The minimum Gasteiger partial charge on any atom is -0.140 e. The molecule has 6 aromatic rings. The molecule has 0 nitrogen and oxygen atoms in total. The van der Waals surface area contributed by atoms with Crippen molar-refractivity contribution in [1.82, 2.24) is 0 Å². The van der Waals surface area contributed by atoms with E-state index in [1.165, 1.54) is 72.4 Å². The highest BCUT2D eigenvalue weighted by molar-refractivity contribution is 8.14. The average molecular weight is 639 g/mol. The molecule has 1 aliphatic carbocycles. The number of hydrogen-bond acceptors (Lipinski definition) is 4. The zero-order chi connectivity index (χ0) is 29.6. The second-order valence-corrected chi connectivity index (χ2v) is 17.0. The fraction of sp³-hybridized carbons (Fsp3) is 0.150. The van der Waals surface area contributed by atoms with Gasteiger partial charge in [-0.25, -0.2) is 0 Å². The maximum Gasteiger partial charge on any atom is 0.0921 e. The number of thioether (sulfide) groups is 2. The molecule has 4 aromatic carbocycles. The van der Waals surface area contributed by atoms with E-state index in [1.54, 1.807) is 0 Å². The van der Waals surface area contributed by atoms with Gasteiger partial charge >= 0.3 is 0 Å². The molecule has 3 aliphatic rings. The summed E-state index contributed by atoms with van der Waals surface area (Å²) in [5, 5.41) is 4.22. The van der Waals surface area contributed by atoms with E-state index in [2.05, 4.69) is 166 Å². The van der Waals surface area contributed by atoms with Crippen LogP contribution in [0.2, 0.25) is 0 Å². The molecule has 2 aromatic heterocycles. The number of aryl methyl sites for hydroxylation is 1. The highest BCUT2D eigenvalue weighted by Crippen LogP contribution is 2.74. The van der Waals surface area contributed by atoms with Gasteiger partial charge in [-0.1, -0.05) is 111 Å². The van der Waals surface area contributed by atoms with Gasteiger partial charge in [0.25, 0.3) is 0 Å². The Hall–Kier alpha value is -3.28. The van der Waals surface area contributed by atoms with Crippen LogP contribution in [0.3, 0.4) is 0 Å². The minimum atomic E-state index is -0.320. The first-order chi connectivity index (χ1) is 21.5. The van der Waals surface area contributed by atoms with Crippen molar-refractivity contribution < 1.29 is 0 Å². The molecule has 0 fully saturated rings. The van der Waals surface area contributed by atoms with Crippen LogP contribution in [0.4, 0.5) is 0 Å². The smallest absolute Gasteiger partial charge is 0.0921 e. The Morgan fingerprint density at radius 3 is 1.77 bits per heavy atom. The van der Waals surface area contributed by atoms with Gasteiger partial charge < -0.3 is 0 Å². The Morgan fingerprint density at radius 1 is 0.568 bits per heavy atom. The molecule has 0 saturated carbocycles. The molecule has 0 bridgehead atoms. The Morgan fingerprint density at radius 2 is 1.11 bits per heavy atom. The van der Waals surface area contributed by atoms with Gasteiger partial charge in [0.2, 0.25) is 0 Å². The van der Waals surface area contributed by atoms with Crippen molar-refractivity contribution in [1.29, 1.82) is 0 Å². The van der Waals surface area contributed by atoms with E-state index in [0.717, 1.165) is 0 Å². The van der Waals surface area contributed by atoms with E-state index in [1.807, 2.05) is 22.7 Å². The molecule has 4 heterocycles. The third kappa shape index (κ3) is 3.49. The van der Waals surface area contributed by atoms with Crippen LogP contribution in [0.15, 0.2) is 121 Å². The van der Waals surface area contributed by atoms with Crippen molar-refractivity contribution in [3.05, 3.63) is 153 Å². The lowest BCUT2D eigenvalue weighted by Crippen LogP contribution is -2.56. The molecule has 0 N–H and O–H groups in total. The zero-order valence-corrected chi connectivity index (χ0v) is 28.0. The predicted molar refractivity (Wildman–Crippen MR) is 198 cm³/mol. The number of fused-ring (bicyclic) bond motifs is 7. The molecule has 0 amide bonds. The van der Waals surface area contributed by atoms with E-state index < -0.39 is 0 Å². The summed E-state index contributed by atoms with van der Waals surface area (Å²) in [6.45, 7) is 7.31. The molecule has 44 heavy (non-hydrogen) atoms. The van der Waals surface area contributed by atoms with Crippen molar-refractivity contribution in [2.75, 3.05) is 0 Å². The minimum absolute atomic E-state index is 0.215. The first kappa shape index (κ1) is 27.1. The number of rotatable bonds is 4. The molecule has 2 atom stereocenters. The monoisotopic (exact) mass is 638 g/mol. The Kier molecular flexibility index (Phi) is 6.06. The summed E-state index contributed by atoms with van der Waals surface area (Å²) in [6.07, 6.45) is 5.14. The lowest BCUT2D eigenvalue weighted by Gasteiger charge is -2.52. The molecule has 2 aliphatic heterocycles. The summed E-state index contributed by atoms with van der Waals surface area (Å²) in [5.41, 5.74) is 7.10. The van der Waals surface area contributed by atoms with Crippen molar-refractivity contribution >= 4 is 87.3 Å². The Balaban J connectivity index is 1.51. The van der Waals surface area contributed by atoms with E-state index in [0.29, 0.717) is 5.92 Å². The summed E-state index contributed by atoms with van der Waals surface area (Å²) >= 11 is 8.19. The van der Waals surface area contributed by atoms with Crippen molar-refractivity contribution in [2.24, 2.45) is 5.92 Å². The molecular weight excluding hydrogens is 609 g/mol. The van der Waals surface area contributed by atoms with E-state index in [4.69, 9.17) is 0 Å². The van der Waals surface area contributed by atoms with Crippen LogP contribution in [0.5, 0.6) is 0 Å². The van der Waals surface area contributed by atoms with Gasteiger partial charge in [-0.05, 0) is 70.3 Å². The lowest BCUT2D eigenvalue weighted by molar-refractivity contribution is 0.470. The van der Waals surface area contributed by atoms with Crippen LogP contribution in [-0.4, -0.2) is 4.75 Å². The van der Waals surface area contributed by atoms with Crippen molar-refractivity contribution in [3.8, 4) is 0 Å². The van der Waals surface area contributed by atoms with Crippen LogP contribution >= 0.6 is 46.2 Å². The summed E-state index contributed by atoms with van der Waals surface area (Å²) < 4.78 is 3.67. The normalized spacial score (nSPS) is 22.4. The number of benzene rings is 4. The van der Waals surface area contributed by atoms with Crippen LogP contribution in [0.25, 0.3) is 41.1 Å². The summed E-state index contributed by atoms with van der Waals surface area (Å²) in [6, 6.07) is 40.3. The number of allylic oxidation sites excluding steroid dienone is 2. The molecule has 214 valence electrons. The lowest BCUT2D eigenvalue weighted by atomic mass is 9.66. The van der Waals surface area contributed by atoms with Crippen molar-refractivity contribution in [2.45, 2.75) is 30.3 Å². The van der Waals surface area contributed by atoms with Crippen molar-refractivity contribution in [3.63, 3.8) is 0 Å². The molecule has 0 radical (unpaired) electrons. The van der Waals surface area contributed by atoms with E-state index in [9.17, 15) is 0 Å². The highest BCUT2D eigenvalue weighted by Gasteiger charge is 2.66. The summed E-state index contributed by atoms with van der Waals surface area (Å²) in [4.78, 5) is 4.17. The molecular formula is C40H30S4. The molecule has 4 heteroatoms. The van der Waals surface area contributed by atoms with E-state index >= 15 is 0 Å². The third-order valence-corrected chi connectivity index (χ3v) is 15.5. The van der Waals surface area contributed by atoms with Gasteiger partial charge in [0.1, 0.15) is 0 Å². The predicted octanol–water partition coefficient (Wildman–Crippen LogP) is 10.6. The molecule has 9 rings (SSSR count). The standard InChI is InChI=1S/C40H30S4/c1-24(2)39-31(23-35(43-39)27-16-8-5-9-17-27)38-36(28-18-10-12-20-32(28)42-38)30-22-34(26-14-6-4-7-15-26)44-40(30,39)37-25(3)41-33-21-13-11-19-29(33)37/h4-24H,1-3H3. The molecule has 2 unspecified atom stereocenters. The van der Waals surface area contributed by atoms with Gasteiger partial charge in [0.05, 0.1) is 9.49 Å². The van der Waals surface area contributed by atoms with Crippen LogP contribution in [0.1, 0.15) is 35.4 Å². The van der Waals surface area contributed by atoms with Crippen LogP contribution < -0.4 is 9.75 Å². The maximum absolute atomic E-state index is 2.58. The van der Waals surface area contributed by atoms with Gasteiger partial charge in [0, 0.05) is 39.2 Å². The summed E-state index contributed by atoms with van der Waals surface area (Å²) in [7, 11) is 0. The first-order valence-electron chi connectivity index (χ1n) is 15.2. The Labute approximate surface area is 274 Å². The largest absolute Gasteiger partial charge is 0.140 e. The number of hydrogen-bond donors (Lipinski definition) is 0. The highest BCUT2D eigenvalue weighted by atomic mass is 32.2. The second kappa shape index (κ2) is 9.86. The zero-order valence-electron chi connectivity index (χ0n) is 24.8. The topological polar surface area (TPSA) is 0 Å². The second-order valence-electron chi connectivity index (χ2n) is 12.2. The molecule has 0 saturated heterocycles. The van der Waals surface area contributed by atoms with Crippen LogP contribution in [-0.2, 0) is 4.75 Å². The van der Waals surface area contributed by atoms with Gasteiger partial charge in [-0.15, -0.1) is 46.2 Å². The fourth-order valence-corrected chi connectivity index (χ4v) is 14.1. The van der Waals surface area contributed by atoms with Crippen LogP contribution in [0, 0.1) is 12.8 Å². The van der Waals surface area contributed by atoms with E-state index in [-0.39, 0.29) is 9.49 Å². The van der Waals surface area contributed by atoms with Gasteiger partial charge in [-0.3, -0.25) is 0 Å². The molecule has 0 spiro atoms. The SMILES string of the molecule is Cc1sc2ccccc2c1C12SC(c3ccccc3)=CC1=c1c(sc3ccccc13)=C1C=C(c3ccccc3)SC12C(C)C. The Bertz CT molecular complexity index is 2320. The van der Waals surface area contributed by atoms with Gasteiger partial charge in [0.15, 0.2) is 0 Å². The first-order valence-corrected chi connectivity index (χ1v) is 18.5. The fourth-order valence-electron chi connectivity index (χ4n) is 7.80. The number of thiophene rings is 2.